The van der Waals surface area contributed by atoms with Crippen LogP contribution in [-0.2, 0) is 0 Å². The molecule has 3 nitrogen and oxygen atoms in total. The van der Waals surface area contributed by atoms with Crippen molar-refractivity contribution in [2.24, 2.45) is 0 Å². The van der Waals surface area contributed by atoms with Crippen molar-refractivity contribution in [2.75, 3.05) is 5.73 Å². The second-order valence-electron chi connectivity index (χ2n) is 4.77. The second kappa shape index (κ2) is 4.24. The van der Waals surface area contributed by atoms with Crippen LogP contribution in [0.4, 0.5) is 5.69 Å². The molecular formula is C14H18N2O. The summed E-state index contributed by atoms with van der Waals surface area (Å²) in [5, 5.41) is 0.967. The predicted octanol–water partition coefficient (Wildman–Crippen LogP) is 3.38. The molecule has 1 heterocycles. The summed E-state index contributed by atoms with van der Waals surface area (Å²) in [7, 11) is 0. The zero-order valence-electron chi connectivity index (χ0n) is 10.5. The van der Waals surface area contributed by atoms with Crippen molar-refractivity contribution in [3.63, 3.8) is 0 Å². The van der Waals surface area contributed by atoms with E-state index < -0.39 is 0 Å². The van der Waals surface area contributed by atoms with Crippen LogP contribution in [0.5, 0.6) is 5.75 Å². The van der Waals surface area contributed by atoms with Gasteiger partial charge >= 0.3 is 0 Å². The first kappa shape index (κ1) is 11.7. The van der Waals surface area contributed by atoms with E-state index >= 15 is 0 Å². The Hall–Kier alpha value is -1.77. The molecule has 90 valence electrons. The zero-order chi connectivity index (χ0) is 12.5. The number of aromatic nitrogens is 1. The Balaban J connectivity index is 2.52. The maximum atomic E-state index is 6.02. The maximum absolute atomic E-state index is 6.02. The first-order chi connectivity index (χ1) is 8.03. The van der Waals surface area contributed by atoms with Crippen molar-refractivity contribution in [1.29, 1.82) is 0 Å². The Morgan fingerprint density at radius 2 is 2.06 bits per heavy atom. The first-order valence-electron chi connectivity index (χ1n) is 5.86. The minimum atomic E-state index is -0.182. The standard InChI is InChI=1S/C14H18N2O/c1-4-14(2,3)17-12-8-9-16-13-10(12)6-5-7-11(13)15/h5-9H,4,15H2,1-3H3. The van der Waals surface area contributed by atoms with Crippen LogP contribution in [0, 0.1) is 0 Å². The largest absolute Gasteiger partial charge is 0.487 e. The van der Waals surface area contributed by atoms with E-state index in [1.807, 2.05) is 24.3 Å². The lowest BCUT2D eigenvalue weighted by Crippen LogP contribution is -2.26. The molecule has 0 bridgehead atoms. The fourth-order valence-corrected chi connectivity index (χ4v) is 1.63. The van der Waals surface area contributed by atoms with Crippen molar-refractivity contribution in [3.05, 3.63) is 30.5 Å². The molecule has 1 aromatic heterocycles. The number of benzene rings is 1. The zero-order valence-corrected chi connectivity index (χ0v) is 10.5. The Bertz CT molecular complexity index is 535. The van der Waals surface area contributed by atoms with Gasteiger partial charge in [-0.1, -0.05) is 13.0 Å². The van der Waals surface area contributed by atoms with E-state index in [9.17, 15) is 0 Å². The van der Waals surface area contributed by atoms with Gasteiger partial charge in [0.15, 0.2) is 0 Å². The average Bonchev–Trinajstić information content (AvgIpc) is 2.30. The number of anilines is 1. The average molecular weight is 230 g/mol. The molecule has 2 aromatic rings. The van der Waals surface area contributed by atoms with Gasteiger partial charge in [-0.2, -0.15) is 0 Å². The number of ether oxygens (including phenoxy) is 1. The second-order valence-corrected chi connectivity index (χ2v) is 4.77. The summed E-state index contributed by atoms with van der Waals surface area (Å²) >= 11 is 0. The molecule has 0 amide bonds. The van der Waals surface area contributed by atoms with Crippen molar-refractivity contribution >= 4 is 16.6 Å². The summed E-state index contributed by atoms with van der Waals surface area (Å²) in [6.45, 7) is 6.26. The molecule has 17 heavy (non-hydrogen) atoms. The molecule has 0 saturated heterocycles. The number of para-hydroxylation sites is 1. The predicted molar refractivity (Wildman–Crippen MR) is 71.2 cm³/mol. The number of nitrogen functional groups attached to an aromatic ring is 1. The van der Waals surface area contributed by atoms with E-state index in [1.54, 1.807) is 6.20 Å². The van der Waals surface area contributed by atoms with Crippen LogP contribution in [0.25, 0.3) is 10.9 Å². The number of hydrogen-bond donors (Lipinski definition) is 1. The lowest BCUT2D eigenvalue weighted by molar-refractivity contribution is 0.107. The summed E-state index contributed by atoms with van der Waals surface area (Å²) < 4.78 is 6.02. The van der Waals surface area contributed by atoms with Crippen LogP contribution in [0.3, 0.4) is 0 Å². The van der Waals surface area contributed by atoms with Gasteiger partial charge in [-0.15, -0.1) is 0 Å². The molecule has 0 fully saturated rings. The monoisotopic (exact) mass is 230 g/mol. The van der Waals surface area contributed by atoms with Gasteiger partial charge in [-0.05, 0) is 38.5 Å². The maximum Gasteiger partial charge on any atom is 0.131 e. The molecule has 2 N–H and O–H groups in total. The molecule has 0 saturated carbocycles. The van der Waals surface area contributed by atoms with Crippen molar-refractivity contribution in [3.8, 4) is 5.75 Å². The number of nitrogens with zero attached hydrogens (tertiary/aromatic N) is 1. The van der Waals surface area contributed by atoms with E-state index in [0.717, 1.165) is 23.1 Å². The lowest BCUT2D eigenvalue weighted by atomic mass is 10.1. The SMILES string of the molecule is CCC(C)(C)Oc1ccnc2c(N)cccc12. The van der Waals surface area contributed by atoms with Crippen molar-refractivity contribution in [2.45, 2.75) is 32.8 Å². The first-order valence-corrected chi connectivity index (χ1v) is 5.86. The van der Waals surface area contributed by atoms with E-state index in [-0.39, 0.29) is 5.60 Å². The highest BCUT2D eigenvalue weighted by Crippen LogP contribution is 2.30. The highest BCUT2D eigenvalue weighted by Gasteiger charge is 2.18. The van der Waals surface area contributed by atoms with Gasteiger partial charge in [0.25, 0.3) is 0 Å². The number of fused-ring (bicyclic) bond motifs is 1. The third-order valence-corrected chi connectivity index (χ3v) is 3.00. The third kappa shape index (κ3) is 2.33. The molecule has 0 radical (unpaired) electrons. The fraction of sp³-hybridized carbons (Fsp3) is 0.357. The minimum absolute atomic E-state index is 0.182. The van der Waals surface area contributed by atoms with E-state index in [2.05, 4.69) is 25.8 Å². The van der Waals surface area contributed by atoms with Gasteiger partial charge < -0.3 is 10.5 Å². The normalized spacial score (nSPS) is 11.7. The minimum Gasteiger partial charge on any atom is -0.487 e. The van der Waals surface area contributed by atoms with Crippen LogP contribution in [0.15, 0.2) is 30.5 Å². The lowest BCUT2D eigenvalue weighted by Gasteiger charge is -2.25. The Morgan fingerprint density at radius 1 is 1.29 bits per heavy atom. The number of pyridine rings is 1. The highest BCUT2D eigenvalue weighted by molar-refractivity contribution is 5.93. The van der Waals surface area contributed by atoms with E-state index in [4.69, 9.17) is 10.5 Å². The molecule has 1 aromatic carbocycles. The van der Waals surface area contributed by atoms with Crippen LogP contribution in [0.1, 0.15) is 27.2 Å². The molecule has 0 unspecified atom stereocenters. The highest BCUT2D eigenvalue weighted by atomic mass is 16.5. The van der Waals surface area contributed by atoms with Gasteiger partial charge in [-0.3, -0.25) is 4.98 Å². The van der Waals surface area contributed by atoms with Crippen LogP contribution in [-0.4, -0.2) is 10.6 Å². The summed E-state index contributed by atoms with van der Waals surface area (Å²) in [6, 6.07) is 7.65. The molecule has 0 aliphatic carbocycles. The van der Waals surface area contributed by atoms with E-state index in [1.165, 1.54) is 0 Å². The molecule has 0 spiro atoms. The van der Waals surface area contributed by atoms with Gasteiger partial charge in [-0.25, -0.2) is 0 Å². The number of nitrogens with two attached hydrogens (primary N) is 1. The van der Waals surface area contributed by atoms with Crippen LogP contribution < -0.4 is 10.5 Å². The smallest absolute Gasteiger partial charge is 0.131 e. The Morgan fingerprint density at radius 3 is 2.76 bits per heavy atom. The summed E-state index contributed by atoms with van der Waals surface area (Å²) in [5.74, 6) is 0.842. The van der Waals surface area contributed by atoms with Crippen molar-refractivity contribution in [1.82, 2.24) is 4.98 Å². The molecule has 0 atom stereocenters. The topological polar surface area (TPSA) is 48.1 Å². The molecule has 2 rings (SSSR count). The van der Waals surface area contributed by atoms with Gasteiger partial charge in [0.2, 0.25) is 0 Å². The molecule has 3 heteroatoms. The molecular weight excluding hydrogens is 212 g/mol. The quantitative estimate of drug-likeness (QED) is 0.822. The van der Waals surface area contributed by atoms with Gasteiger partial charge in [0, 0.05) is 11.6 Å². The number of rotatable bonds is 3. The molecule has 0 aliphatic heterocycles. The molecule has 0 aliphatic rings. The fourth-order valence-electron chi connectivity index (χ4n) is 1.63. The van der Waals surface area contributed by atoms with Crippen LogP contribution in [0.2, 0.25) is 0 Å². The third-order valence-electron chi connectivity index (χ3n) is 3.00. The summed E-state index contributed by atoms with van der Waals surface area (Å²) in [6.07, 6.45) is 2.68. The summed E-state index contributed by atoms with van der Waals surface area (Å²) in [5.41, 5.74) is 7.21. The van der Waals surface area contributed by atoms with E-state index in [0.29, 0.717) is 5.69 Å². The number of hydrogen-bond acceptors (Lipinski definition) is 3. The van der Waals surface area contributed by atoms with Gasteiger partial charge in [0.1, 0.15) is 11.4 Å². The summed E-state index contributed by atoms with van der Waals surface area (Å²) in [4.78, 5) is 4.29. The van der Waals surface area contributed by atoms with Crippen LogP contribution >= 0.6 is 0 Å². The Labute approximate surface area is 102 Å². The van der Waals surface area contributed by atoms with Crippen molar-refractivity contribution < 1.29 is 4.74 Å². The van der Waals surface area contributed by atoms with Gasteiger partial charge in [0.05, 0.1) is 11.2 Å². The Kier molecular flexibility index (Phi) is 2.92.